The van der Waals surface area contributed by atoms with Gasteiger partial charge in [-0.25, -0.2) is 0 Å². The van der Waals surface area contributed by atoms with Gasteiger partial charge in [0.2, 0.25) is 16.8 Å². The second-order valence-electron chi connectivity index (χ2n) is 7.22. The fourth-order valence-corrected chi connectivity index (χ4v) is 4.20. The summed E-state index contributed by atoms with van der Waals surface area (Å²) in [4.78, 5) is 27.2. The Balaban J connectivity index is 1.38. The number of rotatable bonds is 5. The van der Waals surface area contributed by atoms with Crippen molar-refractivity contribution < 1.29 is 9.59 Å². The molecule has 0 saturated carbocycles. The van der Waals surface area contributed by atoms with Crippen molar-refractivity contribution >= 4 is 39.5 Å². The lowest BCUT2D eigenvalue weighted by Gasteiger charge is -2.19. The SMILES string of the molecule is Cc1nnc2sc(CCC(=O)Nc3ccc4c(c3)CCN4C(=O)C(C)C)nn12. The first-order valence-corrected chi connectivity index (χ1v) is 10.2. The smallest absolute Gasteiger partial charge is 0.234 e. The zero-order chi connectivity index (χ0) is 19.8. The van der Waals surface area contributed by atoms with E-state index in [1.54, 1.807) is 4.52 Å². The van der Waals surface area contributed by atoms with Crippen LogP contribution in [0.2, 0.25) is 0 Å². The molecule has 0 unspecified atom stereocenters. The molecule has 28 heavy (non-hydrogen) atoms. The quantitative estimate of drug-likeness (QED) is 0.713. The van der Waals surface area contributed by atoms with E-state index in [2.05, 4.69) is 20.6 Å². The summed E-state index contributed by atoms with van der Waals surface area (Å²) in [5.41, 5.74) is 2.80. The highest BCUT2D eigenvalue weighted by Gasteiger charge is 2.26. The third-order valence-corrected chi connectivity index (χ3v) is 5.73. The van der Waals surface area contributed by atoms with Gasteiger partial charge in [0.05, 0.1) is 0 Å². The molecular weight excluding hydrogens is 376 g/mol. The van der Waals surface area contributed by atoms with Crippen molar-refractivity contribution in [2.75, 3.05) is 16.8 Å². The molecule has 146 valence electrons. The van der Waals surface area contributed by atoms with Gasteiger partial charge >= 0.3 is 0 Å². The third-order valence-electron chi connectivity index (χ3n) is 4.77. The highest BCUT2D eigenvalue weighted by Crippen LogP contribution is 2.31. The maximum absolute atomic E-state index is 12.3. The van der Waals surface area contributed by atoms with Gasteiger partial charge in [-0.3, -0.25) is 9.59 Å². The highest BCUT2D eigenvalue weighted by molar-refractivity contribution is 7.16. The van der Waals surface area contributed by atoms with Crippen LogP contribution < -0.4 is 10.2 Å². The van der Waals surface area contributed by atoms with Crippen LogP contribution in [0.1, 0.15) is 36.7 Å². The molecule has 0 spiro atoms. The molecule has 2 amide bonds. The summed E-state index contributed by atoms with van der Waals surface area (Å²) in [6, 6.07) is 5.74. The Morgan fingerprint density at radius 1 is 1.29 bits per heavy atom. The van der Waals surface area contributed by atoms with Gasteiger partial charge in [-0.2, -0.15) is 9.61 Å². The van der Waals surface area contributed by atoms with Gasteiger partial charge in [0, 0.05) is 36.7 Å². The van der Waals surface area contributed by atoms with Gasteiger partial charge in [0.15, 0.2) is 5.82 Å². The number of nitrogens with zero attached hydrogens (tertiary/aromatic N) is 5. The van der Waals surface area contributed by atoms with Gasteiger partial charge in [-0.1, -0.05) is 25.2 Å². The van der Waals surface area contributed by atoms with Crippen molar-refractivity contribution in [1.82, 2.24) is 19.8 Å². The molecule has 1 aliphatic heterocycles. The Kier molecular flexibility index (Phi) is 4.84. The van der Waals surface area contributed by atoms with Crippen molar-refractivity contribution in [2.24, 2.45) is 5.92 Å². The van der Waals surface area contributed by atoms with Gasteiger partial charge in [-0.15, -0.1) is 10.2 Å². The predicted octanol–water partition coefficient (Wildman–Crippen LogP) is 2.61. The Morgan fingerprint density at radius 2 is 2.11 bits per heavy atom. The predicted molar refractivity (Wildman–Crippen MR) is 108 cm³/mol. The zero-order valence-corrected chi connectivity index (χ0v) is 16.9. The maximum Gasteiger partial charge on any atom is 0.234 e. The van der Waals surface area contributed by atoms with Crippen LogP contribution in [0.25, 0.3) is 4.96 Å². The Bertz CT molecular complexity index is 1050. The molecule has 0 saturated heterocycles. The molecule has 0 aliphatic carbocycles. The van der Waals surface area contributed by atoms with Crippen molar-refractivity contribution in [1.29, 1.82) is 0 Å². The number of fused-ring (bicyclic) bond motifs is 2. The summed E-state index contributed by atoms with van der Waals surface area (Å²) in [5.74, 6) is 0.787. The number of carbonyl (C=O) groups excluding carboxylic acids is 2. The van der Waals surface area contributed by atoms with Crippen LogP contribution >= 0.6 is 11.3 Å². The van der Waals surface area contributed by atoms with Gasteiger partial charge in [0.25, 0.3) is 0 Å². The van der Waals surface area contributed by atoms with Gasteiger partial charge in [0.1, 0.15) is 5.01 Å². The topological polar surface area (TPSA) is 92.5 Å². The van der Waals surface area contributed by atoms with E-state index in [0.29, 0.717) is 19.4 Å². The third kappa shape index (κ3) is 3.49. The fraction of sp³-hybridized carbons (Fsp3) is 0.421. The number of hydrogen-bond donors (Lipinski definition) is 1. The number of aryl methyl sites for hydroxylation is 2. The zero-order valence-electron chi connectivity index (χ0n) is 16.1. The number of amides is 2. The van der Waals surface area contributed by atoms with E-state index in [0.717, 1.165) is 39.2 Å². The molecule has 3 aromatic rings. The fourth-order valence-electron chi connectivity index (χ4n) is 3.32. The van der Waals surface area contributed by atoms with E-state index in [4.69, 9.17) is 0 Å². The summed E-state index contributed by atoms with van der Waals surface area (Å²) in [6.07, 6.45) is 1.71. The van der Waals surface area contributed by atoms with E-state index in [9.17, 15) is 9.59 Å². The lowest BCUT2D eigenvalue weighted by atomic mass is 10.1. The molecule has 1 aliphatic rings. The summed E-state index contributed by atoms with van der Waals surface area (Å²) in [5, 5.41) is 16.2. The maximum atomic E-state index is 12.3. The molecule has 8 nitrogen and oxygen atoms in total. The van der Waals surface area contributed by atoms with Gasteiger partial charge < -0.3 is 10.2 Å². The van der Waals surface area contributed by atoms with E-state index in [-0.39, 0.29) is 17.7 Å². The van der Waals surface area contributed by atoms with Crippen LogP contribution in [0.15, 0.2) is 18.2 Å². The normalized spacial score (nSPS) is 13.4. The first-order valence-electron chi connectivity index (χ1n) is 9.34. The molecular formula is C19H22N6O2S. The Labute approximate surface area is 166 Å². The highest BCUT2D eigenvalue weighted by atomic mass is 32.1. The molecule has 1 aromatic carbocycles. The second-order valence-corrected chi connectivity index (χ2v) is 8.26. The molecule has 3 heterocycles. The molecule has 4 rings (SSSR count). The second kappa shape index (κ2) is 7.31. The number of hydrogen-bond acceptors (Lipinski definition) is 6. The standard InChI is InChI=1S/C19H22N6O2S/c1-11(2)18(27)24-9-8-13-10-14(4-5-15(13)24)20-16(26)6-7-17-23-25-12(3)21-22-19(25)28-17/h4-5,10-11H,6-9H2,1-3H3,(H,20,26). The molecule has 2 aromatic heterocycles. The van der Waals surface area contributed by atoms with Crippen molar-refractivity contribution in [3.63, 3.8) is 0 Å². The first kappa shape index (κ1) is 18.5. The molecule has 0 fully saturated rings. The molecule has 9 heteroatoms. The minimum Gasteiger partial charge on any atom is -0.326 e. The lowest BCUT2D eigenvalue weighted by molar-refractivity contribution is -0.121. The number of anilines is 2. The lowest BCUT2D eigenvalue weighted by Crippen LogP contribution is -2.32. The summed E-state index contributed by atoms with van der Waals surface area (Å²) >= 11 is 1.45. The van der Waals surface area contributed by atoms with Crippen LogP contribution in [0.5, 0.6) is 0 Å². The average molecular weight is 398 g/mol. The largest absolute Gasteiger partial charge is 0.326 e. The average Bonchev–Trinajstić information content (AvgIpc) is 3.35. The number of benzene rings is 1. The minimum absolute atomic E-state index is 0.0291. The Hall–Kier alpha value is -2.81. The van der Waals surface area contributed by atoms with Crippen molar-refractivity contribution in [3.8, 4) is 0 Å². The number of nitrogens with one attached hydrogen (secondary N) is 1. The molecule has 0 radical (unpaired) electrons. The van der Waals surface area contributed by atoms with E-state index in [1.165, 1.54) is 11.3 Å². The van der Waals surface area contributed by atoms with Crippen LogP contribution in [0.3, 0.4) is 0 Å². The number of carbonyl (C=O) groups is 2. The number of aromatic nitrogens is 4. The van der Waals surface area contributed by atoms with Gasteiger partial charge in [-0.05, 0) is 37.1 Å². The van der Waals surface area contributed by atoms with Crippen LogP contribution in [-0.2, 0) is 22.4 Å². The van der Waals surface area contributed by atoms with E-state index >= 15 is 0 Å². The summed E-state index contributed by atoms with van der Waals surface area (Å²) < 4.78 is 1.70. The van der Waals surface area contributed by atoms with Crippen LogP contribution in [-0.4, -0.2) is 38.2 Å². The van der Waals surface area contributed by atoms with E-state index in [1.807, 2.05) is 43.9 Å². The monoisotopic (exact) mass is 398 g/mol. The minimum atomic E-state index is -0.0595. The summed E-state index contributed by atoms with van der Waals surface area (Å²) in [6.45, 7) is 6.36. The first-order chi connectivity index (χ1) is 13.4. The van der Waals surface area contributed by atoms with E-state index < -0.39 is 0 Å². The van der Waals surface area contributed by atoms with Crippen molar-refractivity contribution in [2.45, 2.75) is 40.0 Å². The Morgan fingerprint density at radius 3 is 2.86 bits per heavy atom. The molecule has 0 atom stereocenters. The summed E-state index contributed by atoms with van der Waals surface area (Å²) in [7, 11) is 0. The molecule has 0 bridgehead atoms. The van der Waals surface area contributed by atoms with Crippen molar-refractivity contribution in [3.05, 3.63) is 34.6 Å². The van der Waals surface area contributed by atoms with Crippen LogP contribution in [0.4, 0.5) is 11.4 Å². The molecule has 1 N–H and O–H groups in total. The van der Waals surface area contributed by atoms with Crippen LogP contribution in [0, 0.1) is 12.8 Å².